The van der Waals surface area contributed by atoms with Crippen LogP contribution in [0.15, 0.2) is 18.2 Å². The van der Waals surface area contributed by atoms with E-state index in [-0.39, 0.29) is 11.8 Å². The Balaban J connectivity index is 1.73. The first-order chi connectivity index (χ1) is 11.6. The van der Waals surface area contributed by atoms with Crippen molar-refractivity contribution in [2.75, 3.05) is 17.6 Å². The number of rotatable bonds is 1. The Morgan fingerprint density at radius 1 is 1.42 bits per heavy atom. The third-order valence-corrected chi connectivity index (χ3v) is 5.18. The van der Waals surface area contributed by atoms with Gasteiger partial charge in [0.25, 0.3) is 5.91 Å². The van der Waals surface area contributed by atoms with Crippen molar-refractivity contribution in [3.05, 3.63) is 40.6 Å². The Morgan fingerprint density at radius 2 is 2.25 bits per heavy atom. The van der Waals surface area contributed by atoms with E-state index in [1.807, 2.05) is 25.1 Å². The topological polar surface area (TPSA) is 93.2 Å². The predicted octanol–water partition coefficient (Wildman–Crippen LogP) is 1.86. The number of nitrogen functional groups attached to an aromatic ring is 1. The van der Waals surface area contributed by atoms with E-state index in [0.717, 1.165) is 41.0 Å². The molecule has 0 bridgehead atoms. The number of aromatic nitrogens is 2. The molecule has 0 unspecified atom stereocenters. The van der Waals surface area contributed by atoms with E-state index in [2.05, 4.69) is 10.4 Å². The molecule has 1 aromatic carbocycles. The van der Waals surface area contributed by atoms with Crippen molar-refractivity contribution >= 4 is 17.4 Å². The lowest BCUT2D eigenvalue weighted by Crippen LogP contribution is -2.28. The molecule has 24 heavy (non-hydrogen) atoms. The number of hydrogen-bond acceptors (Lipinski definition) is 5. The molecule has 1 aliphatic heterocycles. The van der Waals surface area contributed by atoms with Gasteiger partial charge in [0.2, 0.25) is 0 Å². The highest BCUT2D eigenvalue weighted by atomic mass is 16.3. The third-order valence-electron chi connectivity index (χ3n) is 5.18. The Kier molecular flexibility index (Phi) is 3.57. The van der Waals surface area contributed by atoms with Gasteiger partial charge in [-0.05, 0) is 37.3 Å². The molecule has 2 heterocycles. The molecule has 4 rings (SSSR count). The first-order valence-corrected chi connectivity index (χ1v) is 8.48. The molecule has 0 saturated heterocycles. The number of benzene rings is 1. The number of aliphatic hydroxyl groups is 1. The first-order valence-electron chi connectivity index (χ1n) is 8.48. The molecule has 0 spiro atoms. The second-order valence-corrected chi connectivity index (χ2v) is 6.76. The second kappa shape index (κ2) is 5.63. The Morgan fingerprint density at radius 3 is 3.08 bits per heavy atom. The van der Waals surface area contributed by atoms with Crippen molar-refractivity contribution in [2.24, 2.45) is 0 Å². The van der Waals surface area contributed by atoms with Crippen LogP contribution in [-0.4, -0.2) is 33.4 Å². The number of nitrogens with two attached hydrogens (primary N) is 1. The summed E-state index contributed by atoms with van der Waals surface area (Å²) in [6, 6.07) is 6.02. The molecular formula is C18H22N4O2. The summed E-state index contributed by atoms with van der Waals surface area (Å²) in [7, 11) is 0. The van der Waals surface area contributed by atoms with Crippen LogP contribution in [0.5, 0.6) is 0 Å². The van der Waals surface area contributed by atoms with Gasteiger partial charge >= 0.3 is 0 Å². The van der Waals surface area contributed by atoms with Crippen LogP contribution in [0, 0.1) is 6.92 Å². The van der Waals surface area contributed by atoms with Gasteiger partial charge in [-0.1, -0.05) is 18.2 Å². The quantitative estimate of drug-likeness (QED) is 0.744. The van der Waals surface area contributed by atoms with Crippen LogP contribution in [0.4, 0.5) is 11.5 Å². The molecule has 2 atom stereocenters. The molecule has 1 aromatic heterocycles. The molecule has 2 aliphatic rings. The number of fused-ring (bicyclic) bond motifs is 2. The van der Waals surface area contributed by atoms with Crippen LogP contribution < -0.4 is 11.1 Å². The largest absolute Gasteiger partial charge is 0.393 e. The van der Waals surface area contributed by atoms with E-state index in [1.54, 1.807) is 0 Å². The number of anilines is 2. The van der Waals surface area contributed by atoms with Gasteiger partial charge < -0.3 is 16.2 Å². The first kappa shape index (κ1) is 15.2. The van der Waals surface area contributed by atoms with Crippen LogP contribution >= 0.6 is 0 Å². The summed E-state index contributed by atoms with van der Waals surface area (Å²) >= 11 is 0. The molecule has 4 N–H and O–H groups in total. The van der Waals surface area contributed by atoms with Crippen molar-refractivity contribution in [1.82, 2.24) is 9.78 Å². The summed E-state index contributed by atoms with van der Waals surface area (Å²) < 4.78 is 1.37. The molecular weight excluding hydrogens is 304 g/mol. The van der Waals surface area contributed by atoms with Crippen molar-refractivity contribution in [1.29, 1.82) is 0 Å². The summed E-state index contributed by atoms with van der Waals surface area (Å²) in [5, 5.41) is 17.7. The van der Waals surface area contributed by atoms with Crippen LogP contribution in [0.2, 0.25) is 0 Å². The lowest BCUT2D eigenvalue weighted by molar-refractivity contribution is 0.0859. The number of carbonyl (C=O) groups excluding carboxylic acids is 1. The fourth-order valence-electron chi connectivity index (χ4n) is 3.87. The lowest BCUT2D eigenvalue weighted by Gasteiger charge is -2.27. The fraction of sp³-hybridized carbons (Fsp3) is 0.444. The predicted molar refractivity (Wildman–Crippen MR) is 92.3 cm³/mol. The minimum absolute atomic E-state index is 0.0789. The van der Waals surface area contributed by atoms with Gasteiger partial charge in [-0.3, -0.25) is 4.79 Å². The average molecular weight is 326 g/mol. The molecule has 0 fully saturated rings. The van der Waals surface area contributed by atoms with Gasteiger partial charge in [-0.2, -0.15) is 9.78 Å². The highest BCUT2D eigenvalue weighted by molar-refractivity contribution is 5.90. The summed E-state index contributed by atoms with van der Waals surface area (Å²) in [5.41, 5.74) is 11.1. The molecule has 0 saturated carbocycles. The number of carbonyl (C=O) groups is 1. The minimum atomic E-state index is -0.394. The van der Waals surface area contributed by atoms with Gasteiger partial charge in [0.15, 0.2) is 0 Å². The SMILES string of the molecule is Cc1cccc2c1NCC[C@@H]2C(=O)n1nc2c(c1N)C[C@H](O)CC2. The van der Waals surface area contributed by atoms with Gasteiger partial charge in [0, 0.05) is 24.2 Å². The zero-order valence-corrected chi connectivity index (χ0v) is 13.7. The normalized spacial score (nSPS) is 22.4. The standard InChI is InChI=1S/C18H22N4O2/c1-10-3-2-4-12-13(7-8-20-16(10)12)18(24)22-17(19)14-9-11(23)5-6-15(14)21-22/h2-4,11,13,20,23H,5-9,19H2,1H3/t11-,13+/m1/s1. The zero-order valence-electron chi connectivity index (χ0n) is 13.7. The highest BCUT2D eigenvalue weighted by Gasteiger charge is 2.32. The van der Waals surface area contributed by atoms with Crippen molar-refractivity contribution < 1.29 is 9.90 Å². The van der Waals surface area contributed by atoms with Crippen LogP contribution in [0.1, 0.15) is 45.9 Å². The molecule has 0 radical (unpaired) electrons. The van der Waals surface area contributed by atoms with Crippen molar-refractivity contribution in [2.45, 2.75) is 44.6 Å². The fourth-order valence-corrected chi connectivity index (χ4v) is 3.87. The molecule has 2 aromatic rings. The van der Waals surface area contributed by atoms with Gasteiger partial charge in [-0.25, -0.2) is 0 Å². The zero-order chi connectivity index (χ0) is 16.8. The van der Waals surface area contributed by atoms with Gasteiger partial charge in [0.1, 0.15) is 5.82 Å². The van der Waals surface area contributed by atoms with Crippen molar-refractivity contribution in [3.63, 3.8) is 0 Å². The minimum Gasteiger partial charge on any atom is -0.393 e. The van der Waals surface area contributed by atoms with Gasteiger partial charge in [-0.15, -0.1) is 0 Å². The van der Waals surface area contributed by atoms with Crippen LogP contribution in [0.3, 0.4) is 0 Å². The van der Waals surface area contributed by atoms with Crippen molar-refractivity contribution in [3.8, 4) is 0 Å². The maximum absolute atomic E-state index is 13.1. The Hall–Kier alpha value is -2.34. The molecule has 126 valence electrons. The smallest absolute Gasteiger partial charge is 0.256 e. The number of nitrogens with zero attached hydrogens (tertiary/aromatic N) is 2. The van der Waals surface area contributed by atoms with E-state index in [4.69, 9.17) is 5.73 Å². The second-order valence-electron chi connectivity index (χ2n) is 6.76. The van der Waals surface area contributed by atoms with E-state index < -0.39 is 6.10 Å². The summed E-state index contributed by atoms with van der Waals surface area (Å²) in [4.78, 5) is 13.1. The number of hydrogen-bond donors (Lipinski definition) is 3. The molecule has 6 heteroatoms. The van der Waals surface area contributed by atoms with E-state index in [1.165, 1.54) is 4.68 Å². The summed E-state index contributed by atoms with van der Waals surface area (Å²) in [6.45, 7) is 2.80. The van der Waals surface area contributed by atoms with Gasteiger partial charge in [0.05, 0.1) is 17.7 Å². The van der Waals surface area contributed by atoms with E-state index in [0.29, 0.717) is 25.1 Å². The van der Waals surface area contributed by atoms with E-state index in [9.17, 15) is 9.90 Å². The summed E-state index contributed by atoms with van der Waals surface area (Å²) in [5.74, 6) is 0.0703. The maximum atomic E-state index is 13.1. The van der Waals surface area contributed by atoms with E-state index >= 15 is 0 Å². The molecule has 0 amide bonds. The highest BCUT2D eigenvalue weighted by Crippen LogP contribution is 2.36. The summed E-state index contributed by atoms with van der Waals surface area (Å²) in [6.07, 6.45) is 2.16. The molecule has 6 nitrogen and oxygen atoms in total. The monoisotopic (exact) mass is 326 g/mol. The van der Waals surface area contributed by atoms with Crippen LogP contribution in [0.25, 0.3) is 0 Å². The Labute approximate surface area is 140 Å². The number of para-hydroxylation sites is 1. The number of aryl methyl sites for hydroxylation is 2. The number of aliphatic hydroxyl groups excluding tert-OH is 1. The average Bonchev–Trinajstić information content (AvgIpc) is 2.91. The maximum Gasteiger partial charge on any atom is 0.256 e. The number of nitrogens with one attached hydrogen (secondary N) is 1. The lowest BCUT2D eigenvalue weighted by atomic mass is 9.88. The molecule has 1 aliphatic carbocycles. The van der Waals surface area contributed by atoms with Crippen LogP contribution in [-0.2, 0) is 12.8 Å². The third kappa shape index (κ3) is 2.29. The Bertz CT molecular complexity index is 812.